The Balaban J connectivity index is 1.83. The second kappa shape index (κ2) is 5.97. The van der Waals surface area contributed by atoms with Crippen LogP contribution >= 0.6 is 15.9 Å². The number of carbonyl (C=O) groups excluding carboxylic acids is 1. The fourth-order valence-electron chi connectivity index (χ4n) is 1.62. The van der Waals surface area contributed by atoms with Gasteiger partial charge in [0.25, 0.3) is 5.91 Å². The quantitative estimate of drug-likeness (QED) is 0.891. The Morgan fingerprint density at radius 1 is 1.47 bits per heavy atom. The van der Waals surface area contributed by atoms with Crippen molar-refractivity contribution in [2.75, 3.05) is 32.8 Å². The molecule has 6 heteroatoms. The molecule has 1 N–H and O–H groups in total. The molecule has 1 aromatic heterocycles. The number of carbonyl (C=O) groups is 1. The number of aromatic nitrogens is 1. The molecule has 1 amide bonds. The molecule has 0 atom stereocenters. The van der Waals surface area contributed by atoms with Gasteiger partial charge in [-0.2, -0.15) is 0 Å². The molecule has 1 aromatic rings. The van der Waals surface area contributed by atoms with Crippen LogP contribution in [0.1, 0.15) is 0 Å². The Hall–Kier alpha value is -1.14. The monoisotopic (exact) mass is 299 g/mol. The molecule has 5 nitrogen and oxygen atoms in total. The first-order valence-electron chi connectivity index (χ1n) is 5.47. The minimum Gasteiger partial charge on any atom is -0.482 e. The largest absolute Gasteiger partial charge is 0.482 e. The van der Waals surface area contributed by atoms with Gasteiger partial charge in [-0.05, 0) is 22.0 Å². The Morgan fingerprint density at radius 3 is 2.94 bits per heavy atom. The summed E-state index contributed by atoms with van der Waals surface area (Å²) < 4.78 is 6.24. The molecule has 92 valence electrons. The molecule has 1 aliphatic heterocycles. The van der Waals surface area contributed by atoms with E-state index in [1.807, 2.05) is 4.90 Å². The fraction of sp³-hybridized carbons (Fsp3) is 0.455. The van der Waals surface area contributed by atoms with Crippen LogP contribution in [-0.4, -0.2) is 48.6 Å². The molecule has 2 rings (SSSR count). The van der Waals surface area contributed by atoms with Gasteiger partial charge in [-0.3, -0.25) is 9.78 Å². The first kappa shape index (κ1) is 12.3. The molecule has 1 aliphatic rings. The predicted octanol–water partition coefficient (Wildman–Crippen LogP) is 0.655. The van der Waals surface area contributed by atoms with Crippen LogP contribution < -0.4 is 10.1 Å². The van der Waals surface area contributed by atoms with E-state index in [0.29, 0.717) is 5.75 Å². The molecule has 0 bridgehead atoms. The van der Waals surface area contributed by atoms with Crippen molar-refractivity contribution in [3.8, 4) is 5.75 Å². The summed E-state index contributed by atoms with van der Waals surface area (Å²) >= 11 is 3.30. The molecule has 0 aromatic carbocycles. The van der Waals surface area contributed by atoms with Crippen molar-refractivity contribution in [1.29, 1.82) is 0 Å². The van der Waals surface area contributed by atoms with Gasteiger partial charge in [0.1, 0.15) is 5.75 Å². The van der Waals surface area contributed by atoms with Gasteiger partial charge in [0.05, 0.1) is 6.20 Å². The van der Waals surface area contributed by atoms with Crippen LogP contribution in [0.15, 0.2) is 22.9 Å². The number of ether oxygens (including phenoxy) is 1. The molecule has 1 saturated heterocycles. The number of nitrogens with one attached hydrogen (secondary N) is 1. The number of hydrogen-bond acceptors (Lipinski definition) is 4. The molecule has 0 spiro atoms. The van der Waals surface area contributed by atoms with E-state index in [1.54, 1.807) is 18.5 Å². The fourth-order valence-corrected chi connectivity index (χ4v) is 1.97. The number of amides is 1. The van der Waals surface area contributed by atoms with E-state index in [2.05, 4.69) is 26.2 Å². The maximum absolute atomic E-state index is 11.8. The van der Waals surface area contributed by atoms with Crippen LogP contribution in [0.3, 0.4) is 0 Å². The number of halogens is 1. The van der Waals surface area contributed by atoms with E-state index in [1.165, 1.54) is 0 Å². The first-order chi connectivity index (χ1) is 8.25. The van der Waals surface area contributed by atoms with E-state index in [-0.39, 0.29) is 12.5 Å². The van der Waals surface area contributed by atoms with Crippen molar-refractivity contribution in [3.05, 3.63) is 22.9 Å². The van der Waals surface area contributed by atoms with E-state index >= 15 is 0 Å². The summed E-state index contributed by atoms with van der Waals surface area (Å²) in [6, 6.07) is 1.79. The molecule has 0 radical (unpaired) electrons. The minimum absolute atomic E-state index is 0.0199. The van der Waals surface area contributed by atoms with Crippen LogP contribution in [-0.2, 0) is 4.79 Å². The summed E-state index contributed by atoms with van der Waals surface area (Å²) in [6.45, 7) is 3.27. The zero-order valence-electron chi connectivity index (χ0n) is 9.36. The third kappa shape index (κ3) is 3.67. The zero-order valence-corrected chi connectivity index (χ0v) is 10.9. The number of hydrogen-bond donors (Lipinski definition) is 1. The standard InChI is InChI=1S/C11H14BrN3O2/c12-9-5-10(7-14-6-9)17-8-11(16)15-3-1-13-2-4-15/h5-7,13H,1-4,8H2. The molecule has 0 aliphatic carbocycles. The summed E-state index contributed by atoms with van der Waals surface area (Å²) in [6.07, 6.45) is 3.26. The van der Waals surface area contributed by atoms with E-state index < -0.39 is 0 Å². The van der Waals surface area contributed by atoms with Crippen molar-refractivity contribution in [3.63, 3.8) is 0 Å². The molecule has 0 saturated carbocycles. The van der Waals surface area contributed by atoms with Gasteiger partial charge in [-0.25, -0.2) is 0 Å². The Labute approximate surface area is 108 Å². The lowest BCUT2D eigenvalue weighted by atomic mass is 10.3. The summed E-state index contributed by atoms with van der Waals surface area (Å²) in [7, 11) is 0. The van der Waals surface area contributed by atoms with Gasteiger partial charge in [0.15, 0.2) is 6.61 Å². The summed E-state index contributed by atoms with van der Waals surface area (Å²) in [5.41, 5.74) is 0. The topological polar surface area (TPSA) is 54.5 Å². The normalized spacial score (nSPS) is 15.7. The van der Waals surface area contributed by atoms with E-state index in [9.17, 15) is 4.79 Å². The maximum atomic E-state index is 11.8. The Kier molecular flexibility index (Phi) is 4.33. The molecule has 2 heterocycles. The molecule has 0 unspecified atom stereocenters. The van der Waals surface area contributed by atoms with Crippen LogP contribution in [0.25, 0.3) is 0 Å². The highest BCUT2D eigenvalue weighted by Gasteiger charge is 2.16. The van der Waals surface area contributed by atoms with Gasteiger partial charge in [-0.15, -0.1) is 0 Å². The van der Waals surface area contributed by atoms with Gasteiger partial charge in [0, 0.05) is 36.8 Å². The first-order valence-corrected chi connectivity index (χ1v) is 6.27. The van der Waals surface area contributed by atoms with Crippen LogP contribution in [0, 0.1) is 0 Å². The number of pyridine rings is 1. The minimum atomic E-state index is 0.0199. The third-order valence-electron chi connectivity index (χ3n) is 2.51. The van der Waals surface area contributed by atoms with Crippen LogP contribution in [0.4, 0.5) is 0 Å². The molecule has 1 fully saturated rings. The van der Waals surface area contributed by atoms with E-state index in [4.69, 9.17) is 4.74 Å². The molecule has 17 heavy (non-hydrogen) atoms. The van der Waals surface area contributed by atoms with Gasteiger partial charge in [-0.1, -0.05) is 0 Å². The number of piperazine rings is 1. The lowest BCUT2D eigenvalue weighted by Gasteiger charge is -2.27. The molecular formula is C11H14BrN3O2. The smallest absolute Gasteiger partial charge is 0.260 e. The predicted molar refractivity (Wildman–Crippen MR) is 66.9 cm³/mol. The van der Waals surface area contributed by atoms with Gasteiger partial charge < -0.3 is 15.0 Å². The second-order valence-corrected chi connectivity index (χ2v) is 4.67. The van der Waals surface area contributed by atoms with Crippen molar-refractivity contribution in [2.24, 2.45) is 0 Å². The summed E-state index contributed by atoms with van der Waals surface area (Å²) in [4.78, 5) is 17.6. The van der Waals surface area contributed by atoms with Crippen molar-refractivity contribution in [1.82, 2.24) is 15.2 Å². The highest BCUT2D eigenvalue weighted by atomic mass is 79.9. The number of rotatable bonds is 3. The average Bonchev–Trinajstić information content (AvgIpc) is 2.37. The van der Waals surface area contributed by atoms with Crippen LogP contribution in [0.5, 0.6) is 5.75 Å². The third-order valence-corrected chi connectivity index (χ3v) is 2.95. The Morgan fingerprint density at radius 2 is 2.24 bits per heavy atom. The zero-order chi connectivity index (χ0) is 12.1. The average molecular weight is 300 g/mol. The van der Waals surface area contributed by atoms with Gasteiger partial charge >= 0.3 is 0 Å². The summed E-state index contributed by atoms with van der Waals surface area (Å²) in [5.74, 6) is 0.620. The second-order valence-electron chi connectivity index (χ2n) is 3.76. The highest BCUT2D eigenvalue weighted by Crippen LogP contribution is 2.15. The lowest BCUT2D eigenvalue weighted by Crippen LogP contribution is -2.47. The van der Waals surface area contributed by atoms with Crippen molar-refractivity contribution in [2.45, 2.75) is 0 Å². The van der Waals surface area contributed by atoms with Crippen molar-refractivity contribution >= 4 is 21.8 Å². The maximum Gasteiger partial charge on any atom is 0.260 e. The van der Waals surface area contributed by atoms with Gasteiger partial charge in [0.2, 0.25) is 0 Å². The SMILES string of the molecule is O=C(COc1cncc(Br)c1)N1CCNCC1. The van der Waals surface area contributed by atoms with Crippen molar-refractivity contribution < 1.29 is 9.53 Å². The number of nitrogens with zero attached hydrogens (tertiary/aromatic N) is 2. The van der Waals surface area contributed by atoms with E-state index in [0.717, 1.165) is 30.7 Å². The molecular weight excluding hydrogens is 286 g/mol. The highest BCUT2D eigenvalue weighted by molar-refractivity contribution is 9.10. The summed E-state index contributed by atoms with van der Waals surface area (Å²) in [5, 5.41) is 3.20. The lowest BCUT2D eigenvalue weighted by molar-refractivity contribution is -0.133. The Bertz CT molecular complexity index is 394. The van der Waals surface area contributed by atoms with Crippen LogP contribution in [0.2, 0.25) is 0 Å².